The molecule has 0 aliphatic heterocycles. The number of aliphatic hydroxyl groups excluding tert-OH is 1. The Hall–Kier alpha value is -2.03. The van der Waals surface area contributed by atoms with Gasteiger partial charge in [-0.15, -0.1) is 11.6 Å². The van der Waals surface area contributed by atoms with Crippen LogP contribution in [0.25, 0.3) is 0 Å². The first kappa shape index (κ1) is 18.0. The van der Waals surface area contributed by atoms with Crippen LogP contribution in [0.15, 0.2) is 42.1 Å². The molecule has 0 aliphatic carbocycles. The van der Waals surface area contributed by atoms with Gasteiger partial charge in [-0.2, -0.15) is 5.26 Å². The van der Waals surface area contributed by atoms with Gasteiger partial charge in [0.15, 0.2) is 0 Å². The molecule has 0 atom stereocenters. The van der Waals surface area contributed by atoms with Crippen molar-refractivity contribution < 1.29 is 9.90 Å². The summed E-state index contributed by atoms with van der Waals surface area (Å²) in [5, 5.41) is 20.9. The largest absolute Gasteiger partial charge is 0.395 e. The average molecular weight is 322 g/mol. The van der Waals surface area contributed by atoms with Gasteiger partial charge in [0, 0.05) is 31.7 Å². The molecule has 1 aromatic rings. The maximum Gasteiger partial charge on any atom is 0.263 e. The van der Waals surface area contributed by atoms with Gasteiger partial charge < -0.3 is 15.3 Å². The molecule has 0 saturated heterocycles. The second-order valence-electron chi connectivity index (χ2n) is 4.63. The number of carbonyl (C=O) groups excluding carboxylic acids is 1. The summed E-state index contributed by atoms with van der Waals surface area (Å²) in [4.78, 5) is 13.7. The molecule has 0 unspecified atom stereocenters. The van der Waals surface area contributed by atoms with Gasteiger partial charge in [0.05, 0.1) is 6.61 Å². The van der Waals surface area contributed by atoms with Crippen LogP contribution in [-0.2, 0) is 11.3 Å². The monoisotopic (exact) mass is 321 g/mol. The molecule has 118 valence electrons. The molecule has 1 aromatic carbocycles. The molecule has 0 fully saturated rings. The van der Waals surface area contributed by atoms with E-state index in [1.807, 2.05) is 36.4 Å². The summed E-state index contributed by atoms with van der Waals surface area (Å²) in [5.74, 6) is 0.0277. The molecular weight excluding hydrogens is 302 g/mol. The Bertz CT molecular complexity index is 526. The third-order valence-corrected chi connectivity index (χ3v) is 3.16. The van der Waals surface area contributed by atoms with Gasteiger partial charge in [-0.25, -0.2) is 0 Å². The number of nitrogens with zero attached hydrogens (tertiary/aromatic N) is 2. The summed E-state index contributed by atoms with van der Waals surface area (Å²) < 4.78 is 0. The second kappa shape index (κ2) is 10.7. The Morgan fingerprint density at radius 1 is 1.41 bits per heavy atom. The van der Waals surface area contributed by atoms with Gasteiger partial charge >= 0.3 is 0 Å². The minimum absolute atomic E-state index is 0.0129. The van der Waals surface area contributed by atoms with Crippen molar-refractivity contribution >= 4 is 17.5 Å². The molecule has 0 aromatic heterocycles. The molecule has 0 aliphatic rings. The lowest BCUT2D eigenvalue weighted by atomic mass is 10.2. The fourth-order valence-electron chi connectivity index (χ4n) is 1.82. The van der Waals surface area contributed by atoms with E-state index in [-0.39, 0.29) is 12.2 Å². The van der Waals surface area contributed by atoms with Crippen LogP contribution < -0.4 is 5.32 Å². The van der Waals surface area contributed by atoms with Crippen molar-refractivity contribution in [3.8, 4) is 6.07 Å². The van der Waals surface area contributed by atoms with Crippen molar-refractivity contribution in [1.29, 1.82) is 5.26 Å². The molecule has 0 saturated carbocycles. The molecule has 1 amide bonds. The van der Waals surface area contributed by atoms with Crippen LogP contribution in [0, 0.1) is 11.3 Å². The standard InChI is InChI=1S/C16H20ClN3O2/c17-7-4-8-19-16(22)15(11-18)13-20(9-10-21)12-14-5-2-1-3-6-14/h1-3,5-6,13,21H,4,7-10,12H2,(H,19,22)/b15-13-. The van der Waals surface area contributed by atoms with Gasteiger partial charge in [-0.3, -0.25) is 4.79 Å². The zero-order chi connectivity index (χ0) is 16.2. The van der Waals surface area contributed by atoms with Crippen molar-refractivity contribution in [1.82, 2.24) is 10.2 Å². The molecule has 0 radical (unpaired) electrons. The van der Waals surface area contributed by atoms with Gasteiger partial charge in [-0.1, -0.05) is 30.3 Å². The SMILES string of the molecule is N#C/C(=C/N(CCO)Cc1ccccc1)C(=O)NCCCCl. The van der Waals surface area contributed by atoms with Crippen LogP contribution in [0.2, 0.25) is 0 Å². The third-order valence-electron chi connectivity index (χ3n) is 2.89. The van der Waals surface area contributed by atoms with E-state index in [0.717, 1.165) is 5.56 Å². The number of nitriles is 1. The number of alkyl halides is 1. The molecule has 2 N–H and O–H groups in total. The van der Waals surface area contributed by atoms with Crippen LogP contribution in [0.1, 0.15) is 12.0 Å². The Labute approximate surface area is 135 Å². The van der Waals surface area contributed by atoms with Gasteiger partial charge in [0.25, 0.3) is 5.91 Å². The fourth-order valence-corrected chi connectivity index (χ4v) is 1.95. The quantitative estimate of drug-likeness (QED) is 0.314. The normalized spacial score (nSPS) is 10.9. The van der Waals surface area contributed by atoms with Crippen molar-refractivity contribution in [2.24, 2.45) is 0 Å². The summed E-state index contributed by atoms with van der Waals surface area (Å²) in [6.07, 6.45) is 2.13. The smallest absolute Gasteiger partial charge is 0.263 e. The highest BCUT2D eigenvalue weighted by molar-refractivity contribution is 6.17. The first-order valence-electron chi connectivity index (χ1n) is 7.06. The van der Waals surface area contributed by atoms with E-state index in [4.69, 9.17) is 22.0 Å². The van der Waals surface area contributed by atoms with E-state index in [0.29, 0.717) is 31.9 Å². The molecular formula is C16H20ClN3O2. The van der Waals surface area contributed by atoms with Crippen LogP contribution >= 0.6 is 11.6 Å². The Morgan fingerprint density at radius 3 is 2.73 bits per heavy atom. The zero-order valence-electron chi connectivity index (χ0n) is 12.3. The maximum absolute atomic E-state index is 11.9. The summed E-state index contributed by atoms with van der Waals surface area (Å²) in [6, 6.07) is 11.5. The lowest BCUT2D eigenvalue weighted by molar-refractivity contribution is -0.117. The minimum atomic E-state index is -0.427. The van der Waals surface area contributed by atoms with Crippen LogP contribution in [0.5, 0.6) is 0 Å². The Morgan fingerprint density at radius 2 is 2.14 bits per heavy atom. The highest BCUT2D eigenvalue weighted by Gasteiger charge is 2.11. The van der Waals surface area contributed by atoms with Gasteiger partial charge in [0.1, 0.15) is 11.6 Å². The molecule has 0 bridgehead atoms. The number of rotatable bonds is 9. The summed E-state index contributed by atoms with van der Waals surface area (Å²) >= 11 is 5.55. The van der Waals surface area contributed by atoms with E-state index >= 15 is 0 Å². The molecule has 0 spiro atoms. The summed E-state index contributed by atoms with van der Waals surface area (Å²) in [5.41, 5.74) is 1.05. The van der Waals surface area contributed by atoms with Gasteiger partial charge in [0.2, 0.25) is 0 Å². The molecule has 1 rings (SSSR count). The number of carbonyl (C=O) groups is 1. The number of amides is 1. The predicted octanol–water partition coefficient (Wildman–Crippen LogP) is 1.63. The first-order chi connectivity index (χ1) is 10.7. The third kappa shape index (κ3) is 6.61. The van der Waals surface area contributed by atoms with E-state index < -0.39 is 5.91 Å². The number of aliphatic hydroxyl groups is 1. The topological polar surface area (TPSA) is 76.4 Å². The van der Waals surface area contributed by atoms with Gasteiger partial charge in [-0.05, 0) is 12.0 Å². The number of nitrogens with one attached hydrogen (secondary N) is 1. The predicted molar refractivity (Wildman–Crippen MR) is 86.0 cm³/mol. The van der Waals surface area contributed by atoms with E-state index in [1.165, 1.54) is 6.20 Å². The van der Waals surface area contributed by atoms with Crippen molar-refractivity contribution in [3.05, 3.63) is 47.7 Å². The van der Waals surface area contributed by atoms with Crippen LogP contribution in [0.4, 0.5) is 0 Å². The molecule has 6 heteroatoms. The minimum Gasteiger partial charge on any atom is -0.395 e. The lowest BCUT2D eigenvalue weighted by Crippen LogP contribution is -2.28. The zero-order valence-corrected chi connectivity index (χ0v) is 13.1. The van der Waals surface area contributed by atoms with Crippen molar-refractivity contribution in [3.63, 3.8) is 0 Å². The average Bonchev–Trinajstić information content (AvgIpc) is 2.53. The second-order valence-corrected chi connectivity index (χ2v) is 5.01. The fraction of sp³-hybridized carbons (Fsp3) is 0.375. The number of hydrogen-bond acceptors (Lipinski definition) is 4. The number of hydrogen-bond donors (Lipinski definition) is 2. The van der Waals surface area contributed by atoms with Crippen LogP contribution in [0.3, 0.4) is 0 Å². The van der Waals surface area contributed by atoms with E-state index in [9.17, 15) is 4.79 Å². The molecule has 5 nitrogen and oxygen atoms in total. The summed E-state index contributed by atoms with van der Waals surface area (Å²) in [6.45, 7) is 1.23. The molecule has 0 heterocycles. The summed E-state index contributed by atoms with van der Waals surface area (Å²) in [7, 11) is 0. The first-order valence-corrected chi connectivity index (χ1v) is 7.59. The Balaban J connectivity index is 2.75. The Kier molecular flexibility index (Phi) is 8.73. The van der Waals surface area contributed by atoms with Crippen LogP contribution in [-0.4, -0.2) is 41.5 Å². The number of benzene rings is 1. The van der Waals surface area contributed by atoms with Crippen molar-refractivity contribution in [2.45, 2.75) is 13.0 Å². The van der Waals surface area contributed by atoms with Crippen molar-refractivity contribution in [2.75, 3.05) is 25.6 Å². The molecule has 22 heavy (non-hydrogen) atoms. The maximum atomic E-state index is 11.9. The lowest BCUT2D eigenvalue weighted by Gasteiger charge is -2.20. The highest BCUT2D eigenvalue weighted by atomic mass is 35.5. The van der Waals surface area contributed by atoms with E-state index in [2.05, 4.69) is 5.32 Å². The van der Waals surface area contributed by atoms with E-state index in [1.54, 1.807) is 4.90 Å². The number of halogens is 1. The highest BCUT2D eigenvalue weighted by Crippen LogP contribution is 2.07.